The fraction of sp³-hybridized carbons (Fsp3) is 0.800. The summed E-state index contributed by atoms with van der Waals surface area (Å²) in [6.07, 6.45) is 3.71. The Morgan fingerprint density at radius 1 is 1.00 bits per heavy atom. The molecular formula is C10H19NO4. The standard InChI is InChI=1S/C10H19NO4/c1-11(8-10(14)15)7-5-3-2-4-6-9(12)13/h2-8H2,1H3,(H,12,13)(H,14,15). The van der Waals surface area contributed by atoms with Crippen molar-refractivity contribution in [3.8, 4) is 0 Å². The zero-order valence-corrected chi connectivity index (χ0v) is 9.11. The SMILES string of the molecule is CN(CCCCCCC(=O)O)CC(=O)O. The van der Waals surface area contributed by atoms with E-state index in [1.54, 1.807) is 11.9 Å². The lowest BCUT2D eigenvalue weighted by molar-refractivity contribution is -0.138. The van der Waals surface area contributed by atoms with E-state index in [0.29, 0.717) is 6.42 Å². The molecule has 0 radical (unpaired) electrons. The van der Waals surface area contributed by atoms with Crippen molar-refractivity contribution in [1.29, 1.82) is 0 Å². The molecule has 0 aromatic heterocycles. The predicted octanol–water partition coefficient (Wildman–Crippen LogP) is 1.04. The van der Waals surface area contributed by atoms with Crippen LogP contribution in [0.4, 0.5) is 0 Å². The third kappa shape index (κ3) is 10.8. The molecule has 0 aliphatic rings. The quantitative estimate of drug-likeness (QED) is 0.564. The molecule has 0 aliphatic heterocycles. The second-order valence-corrected chi connectivity index (χ2v) is 3.69. The number of carboxylic acid groups (broad SMARTS) is 2. The third-order valence-electron chi connectivity index (χ3n) is 2.09. The van der Waals surface area contributed by atoms with Crippen molar-refractivity contribution in [2.75, 3.05) is 20.1 Å². The molecule has 0 atom stereocenters. The second-order valence-electron chi connectivity index (χ2n) is 3.69. The molecule has 5 heteroatoms. The molecule has 0 bridgehead atoms. The first-order valence-corrected chi connectivity index (χ1v) is 5.14. The summed E-state index contributed by atoms with van der Waals surface area (Å²) in [7, 11) is 1.77. The van der Waals surface area contributed by atoms with Gasteiger partial charge < -0.3 is 10.2 Å². The normalized spacial score (nSPS) is 10.5. The second kappa shape index (κ2) is 8.23. The van der Waals surface area contributed by atoms with E-state index in [-0.39, 0.29) is 13.0 Å². The van der Waals surface area contributed by atoms with Gasteiger partial charge >= 0.3 is 11.9 Å². The van der Waals surface area contributed by atoms with Crippen molar-refractivity contribution in [3.63, 3.8) is 0 Å². The summed E-state index contributed by atoms with van der Waals surface area (Å²) >= 11 is 0. The Hall–Kier alpha value is -1.10. The molecule has 88 valence electrons. The van der Waals surface area contributed by atoms with Crippen LogP contribution in [0.3, 0.4) is 0 Å². The van der Waals surface area contributed by atoms with Gasteiger partial charge in [0.1, 0.15) is 0 Å². The first kappa shape index (κ1) is 13.9. The van der Waals surface area contributed by atoms with Crippen molar-refractivity contribution in [2.24, 2.45) is 0 Å². The van der Waals surface area contributed by atoms with E-state index in [4.69, 9.17) is 10.2 Å². The van der Waals surface area contributed by atoms with Crippen molar-refractivity contribution in [2.45, 2.75) is 32.1 Å². The van der Waals surface area contributed by atoms with Gasteiger partial charge in [0.15, 0.2) is 0 Å². The van der Waals surface area contributed by atoms with E-state index >= 15 is 0 Å². The molecule has 0 aliphatic carbocycles. The largest absolute Gasteiger partial charge is 0.481 e. The van der Waals surface area contributed by atoms with E-state index < -0.39 is 11.9 Å². The fourth-order valence-corrected chi connectivity index (χ4v) is 1.32. The lowest BCUT2D eigenvalue weighted by Gasteiger charge is -2.12. The molecule has 0 spiro atoms. The van der Waals surface area contributed by atoms with Crippen LogP contribution < -0.4 is 0 Å². The molecule has 2 N–H and O–H groups in total. The minimum absolute atomic E-state index is 0.0646. The number of aliphatic carboxylic acids is 2. The van der Waals surface area contributed by atoms with Crippen molar-refractivity contribution in [1.82, 2.24) is 4.90 Å². The Labute approximate surface area is 89.7 Å². The molecule has 0 amide bonds. The van der Waals surface area contributed by atoms with Gasteiger partial charge in [-0.05, 0) is 26.4 Å². The highest BCUT2D eigenvalue weighted by molar-refractivity contribution is 5.69. The number of hydrogen-bond acceptors (Lipinski definition) is 3. The lowest BCUT2D eigenvalue weighted by Crippen LogP contribution is -2.26. The van der Waals surface area contributed by atoms with Gasteiger partial charge in [-0.1, -0.05) is 12.8 Å². The smallest absolute Gasteiger partial charge is 0.317 e. The highest BCUT2D eigenvalue weighted by atomic mass is 16.4. The molecule has 15 heavy (non-hydrogen) atoms. The van der Waals surface area contributed by atoms with Crippen LogP contribution in [0.5, 0.6) is 0 Å². The predicted molar refractivity (Wildman–Crippen MR) is 55.9 cm³/mol. The topological polar surface area (TPSA) is 77.8 Å². The molecule has 0 unspecified atom stereocenters. The summed E-state index contributed by atoms with van der Waals surface area (Å²) in [6.45, 7) is 0.814. The minimum Gasteiger partial charge on any atom is -0.481 e. The summed E-state index contributed by atoms with van der Waals surface area (Å²) in [5, 5.41) is 16.9. The number of carbonyl (C=O) groups is 2. The Morgan fingerprint density at radius 3 is 2.13 bits per heavy atom. The van der Waals surface area contributed by atoms with E-state index in [0.717, 1.165) is 25.8 Å². The minimum atomic E-state index is -0.816. The van der Waals surface area contributed by atoms with Gasteiger partial charge in [0, 0.05) is 6.42 Å². The van der Waals surface area contributed by atoms with Crippen LogP contribution >= 0.6 is 0 Å². The molecule has 0 rings (SSSR count). The first-order valence-electron chi connectivity index (χ1n) is 5.14. The van der Waals surface area contributed by atoms with Gasteiger partial charge in [-0.3, -0.25) is 14.5 Å². The van der Waals surface area contributed by atoms with E-state index in [1.807, 2.05) is 0 Å². The zero-order valence-electron chi connectivity index (χ0n) is 9.11. The fourth-order valence-electron chi connectivity index (χ4n) is 1.32. The maximum absolute atomic E-state index is 10.3. The monoisotopic (exact) mass is 217 g/mol. The Kier molecular flexibility index (Phi) is 7.62. The maximum Gasteiger partial charge on any atom is 0.317 e. The summed E-state index contributed by atoms with van der Waals surface area (Å²) in [5.74, 6) is -1.57. The molecule has 0 aromatic rings. The number of nitrogens with zero attached hydrogens (tertiary/aromatic N) is 1. The van der Waals surface area contributed by atoms with Gasteiger partial charge in [-0.2, -0.15) is 0 Å². The number of hydrogen-bond donors (Lipinski definition) is 2. The van der Waals surface area contributed by atoms with Crippen LogP contribution in [0.2, 0.25) is 0 Å². The van der Waals surface area contributed by atoms with E-state index in [2.05, 4.69) is 0 Å². The van der Waals surface area contributed by atoms with Crippen LogP contribution in [-0.2, 0) is 9.59 Å². The summed E-state index contributed by atoms with van der Waals surface area (Å²) < 4.78 is 0. The number of likely N-dealkylation sites (N-methyl/N-ethyl adjacent to an activating group) is 1. The van der Waals surface area contributed by atoms with E-state index in [9.17, 15) is 9.59 Å². The van der Waals surface area contributed by atoms with Crippen LogP contribution in [0, 0.1) is 0 Å². The Morgan fingerprint density at radius 2 is 1.60 bits per heavy atom. The van der Waals surface area contributed by atoms with Gasteiger partial charge in [-0.25, -0.2) is 0 Å². The molecule has 0 fully saturated rings. The van der Waals surface area contributed by atoms with Gasteiger partial charge in [0.2, 0.25) is 0 Å². The average Bonchev–Trinajstić information content (AvgIpc) is 2.09. The molecule has 0 saturated heterocycles. The molecule has 5 nitrogen and oxygen atoms in total. The highest BCUT2D eigenvalue weighted by Gasteiger charge is 2.03. The Balaban J connectivity index is 3.23. The first-order chi connectivity index (χ1) is 7.02. The van der Waals surface area contributed by atoms with Crippen molar-refractivity contribution in [3.05, 3.63) is 0 Å². The molecule has 0 aromatic carbocycles. The van der Waals surface area contributed by atoms with E-state index in [1.165, 1.54) is 0 Å². The van der Waals surface area contributed by atoms with Crippen LogP contribution in [0.25, 0.3) is 0 Å². The van der Waals surface area contributed by atoms with Crippen LogP contribution in [0.15, 0.2) is 0 Å². The maximum atomic E-state index is 10.3. The van der Waals surface area contributed by atoms with Gasteiger partial charge in [-0.15, -0.1) is 0 Å². The number of carboxylic acids is 2. The number of unbranched alkanes of at least 4 members (excludes halogenated alkanes) is 3. The average molecular weight is 217 g/mol. The van der Waals surface area contributed by atoms with Crippen molar-refractivity contribution >= 4 is 11.9 Å². The third-order valence-corrected chi connectivity index (χ3v) is 2.09. The van der Waals surface area contributed by atoms with Crippen LogP contribution in [0.1, 0.15) is 32.1 Å². The lowest BCUT2D eigenvalue weighted by atomic mass is 10.1. The summed E-state index contributed by atoms with van der Waals surface area (Å²) in [4.78, 5) is 22.3. The zero-order chi connectivity index (χ0) is 11.7. The van der Waals surface area contributed by atoms with Gasteiger partial charge in [0.05, 0.1) is 6.54 Å². The van der Waals surface area contributed by atoms with Crippen molar-refractivity contribution < 1.29 is 19.8 Å². The highest BCUT2D eigenvalue weighted by Crippen LogP contribution is 2.03. The summed E-state index contributed by atoms with van der Waals surface area (Å²) in [5.41, 5.74) is 0. The molecule has 0 saturated carbocycles. The Bertz CT molecular complexity index is 206. The molecular weight excluding hydrogens is 198 g/mol. The van der Waals surface area contributed by atoms with Gasteiger partial charge in [0.25, 0.3) is 0 Å². The number of rotatable bonds is 9. The summed E-state index contributed by atoms with van der Waals surface area (Å²) in [6, 6.07) is 0. The van der Waals surface area contributed by atoms with Crippen LogP contribution in [-0.4, -0.2) is 47.2 Å². The molecule has 0 heterocycles.